The molecule has 138 valence electrons. The van der Waals surface area contributed by atoms with Crippen LogP contribution in [0.1, 0.15) is 41.8 Å². The van der Waals surface area contributed by atoms with Crippen molar-refractivity contribution in [3.05, 3.63) is 34.4 Å². The first-order valence-corrected chi connectivity index (χ1v) is 9.91. The lowest BCUT2D eigenvalue weighted by atomic mass is 10.0. The fourth-order valence-corrected chi connectivity index (χ4v) is 4.79. The first kappa shape index (κ1) is 17.1. The maximum absolute atomic E-state index is 12.8. The minimum atomic E-state index is -0.853. The molecule has 0 aromatic carbocycles. The number of carboxylic acids is 1. The molecule has 1 N–H and O–H groups in total. The highest BCUT2D eigenvalue weighted by molar-refractivity contribution is 7.18. The summed E-state index contributed by atoms with van der Waals surface area (Å²) in [4.78, 5) is 28.7. The normalized spacial score (nSPS) is 20.0. The third-order valence-corrected chi connectivity index (χ3v) is 6.23. The maximum Gasteiger partial charge on any atom is 0.331 e. The predicted molar refractivity (Wildman–Crippen MR) is 100.0 cm³/mol. The number of piperidine rings is 1. The van der Waals surface area contributed by atoms with E-state index in [9.17, 15) is 9.59 Å². The zero-order chi connectivity index (χ0) is 18.1. The van der Waals surface area contributed by atoms with Crippen molar-refractivity contribution in [2.45, 2.75) is 32.1 Å². The summed E-state index contributed by atoms with van der Waals surface area (Å²) in [7, 11) is 0. The zero-order valence-electron chi connectivity index (χ0n) is 14.6. The van der Waals surface area contributed by atoms with Crippen LogP contribution >= 0.6 is 11.3 Å². The number of allylic oxidation sites excluding steroid dienone is 3. The lowest BCUT2D eigenvalue weighted by Gasteiger charge is -2.31. The van der Waals surface area contributed by atoms with Gasteiger partial charge in [-0.3, -0.25) is 4.79 Å². The standard InChI is InChI=1S/C19H22N2O4S/c22-17(20-8-2-1-3-9-20)16-12-15-18(26-16)21(10-11-25-15)14-6-4-13(5-7-14)19(23)24/h4,6,12H,1-3,5,7-11H2,(H,23,24). The zero-order valence-corrected chi connectivity index (χ0v) is 15.4. The fourth-order valence-electron chi connectivity index (χ4n) is 3.67. The number of hydrogen-bond donors (Lipinski definition) is 1. The Bertz CT molecular complexity index is 789. The maximum atomic E-state index is 12.8. The SMILES string of the molecule is O=C(O)C1=CC=C(N2CCOc3cc(C(=O)N4CCCCC4)sc32)CC1. The van der Waals surface area contributed by atoms with Gasteiger partial charge in [-0.05, 0) is 38.2 Å². The Morgan fingerprint density at radius 1 is 1.08 bits per heavy atom. The average Bonchev–Trinajstić information content (AvgIpc) is 3.12. The van der Waals surface area contributed by atoms with Crippen LogP contribution in [0.25, 0.3) is 0 Å². The number of rotatable bonds is 3. The van der Waals surface area contributed by atoms with Crippen LogP contribution in [0.15, 0.2) is 29.5 Å². The number of nitrogens with zero attached hydrogens (tertiary/aromatic N) is 2. The van der Waals surface area contributed by atoms with Crippen LogP contribution < -0.4 is 9.64 Å². The van der Waals surface area contributed by atoms with Crippen LogP contribution in [0.4, 0.5) is 5.00 Å². The van der Waals surface area contributed by atoms with Crippen LogP contribution in [0, 0.1) is 0 Å². The van der Waals surface area contributed by atoms with Crippen molar-refractivity contribution in [1.82, 2.24) is 4.90 Å². The molecule has 1 aromatic rings. The molecule has 3 aliphatic rings. The van der Waals surface area contributed by atoms with Crippen LogP contribution in [0.2, 0.25) is 0 Å². The highest BCUT2D eigenvalue weighted by Crippen LogP contribution is 2.43. The second-order valence-corrected chi connectivity index (χ2v) is 7.82. The second kappa shape index (κ2) is 7.15. The summed E-state index contributed by atoms with van der Waals surface area (Å²) < 4.78 is 5.78. The molecule has 0 atom stereocenters. The van der Waals surface area contributed by atoms with Crippen molar-refractivity contribution < 1.29 is 19.4 Å². The van der Waals surface area contributed by atoms with Crippen molar-refractivity contribution >= 4 is 28.2 Å². The van der Waals surface area contributed by atoms with Gasteiger partial charge in [0.2, 0.25) is 0 Å². The smallest absolute Gasteiger partial charge is 0.331 e. The number of anilines is 1. The number of amides is 1. The van der Waals surface area contributed by atoms with Crippen molar-refractivity contribution in [3.63, 3.8) is 0 Å². The third-order valence-electron chi connectivity index (χ3n) is 5.10. The summed E-state index contributed by atoms with van der Waals surface area (Å²) in [6, 6.07) is 1.87. The quantitative estimate of drug-likeness (QED) is 0.879. The highest BCUT2D eigenvalue weighted by Gasteiger charge is 2.29. The number of thiophene rings is 1. The molecule has 0 bridgehead atoms. The number of carbonyl (C=O) groups is 2. The molecule has 7 heteroatoms. The van der Waals surface area contributed by atoms with Crippen molar-refractivity contribution in [3.8, 4) is 5.75 Å². The van der Waals surface area contributed by atoms with Crippen molar-refractivity contribution in [1.29, 1.82) is 0 Å². The molecule has 1 aromatic heterocycles. The van der Waals surface area contributed by atoms with Crippen LogP contribution in [-0.4, -0.2) is 48.1 Å². The van der Waals surface area contributed by atoms with E-state index in [0.717, 1.165) is 47.3 Å². The lowest BCUT2D eigenvalue weighted by Crippen LogP contribution is -2.35. The van der Waals surface area contributed by atoms with E-state index in [-0.39, 0.29) is 5.91 Å². The van der Waals surface area contributed by atoms with Crippen LogP contribution in [-0.2, 0) is 4.79 Å². The summed E-state index contributed by atoms with van der Waals surface area (Å²) in [5.74, 6) is 0.00218. The van der Waals surface area contributed by atoms with E-state index < -0.39 is 5.97 Å². The van der Waals surface area contributed by atoms with E-state index >= 15 is 0 Å². The van der Waals surface area contributed by atoms with Gasteiger partial charge in [-0.2, -0.15) is 0 Å². The molecule has 1 fully saturated rings. The van der Waals surface area contributed by atoms with Gasteiger partial charge in [0.05, 0.1) is 11.4 Å². The molecular weight excluding hydrogens is 352 g/mol. The number of carboxylic acid groups (broad SMARTS) is 1. The van der Waals surface area contributed by atoms with Gasteiger partial charge >= 0.3 is 5.97 Å². The summed E-state index contributed by atoms with van der Waals surface area (Å²) in [6.07, 6.45) is 8.12. The molecular formula is C19H22N2O4S. The summed E-state index contributed by atoms with van der Waals surface area (Å²) in [5.41, 5.74) is 1.52. The molecule has 4 rings (SSSR count). The number of aliphatic carboxylic acids is 1. The Balaban J connectivity index is 1.58. The van der Waals surface area contributed by atoms with Gasteiger partial charge in [0.15, 0.2) is 5.75 Å². The predicted octanol–water partition coefficient (Wildman–Crippen LogP) is 3.26. The minimum absolute atomic E-state index is 0.0957. The summed E-state index contributed by atoms with van der Waals surface area (Å²) in [6.45, 7) is 2.95. The molecule has 0 radical (unpaired) electrons. The van der Waals surface area contributed by atoms with E-state index in [0.29, 0.717) is 31.6 Å². The Morgan fingerprint density at radius 3 is 2.58 bits per heavy atom. The Kier molecular flexibility index (Phi) is 4.72. The van der Waals surface area contributed by atoms with Gasteiger partial charge < -0.3 is 19.6 Å². The van der Waals surface area contributed by atoms with Crippen molar-refractivity contribution in [2.75, 3.05) is 31.1 Å². The number of carbonyl (C=O) groups excluding carboxylic acids is 1. The fraction of sp³-hybridized carbons (Fsp3) is 0.474. The van der Waals surface area contributed by atoms with Gasteiger partial charge in [0.25, 0.3) is 5.91 Å². The molecule has 3 heterocycles. The molecule has 2 aliphatic heterocycles. The van der Waals surface area contributed by atoms with Gasteiger partial charge in [-0.25, -0.2) is 4.79 Å². The van der Waals surface area contributed by atoms with Crippen LogP contribution in [0.3, 0.4) is 0 Å². The molecule has 1 amide bonds. The number of likely N-dealkylation sites (tertiary alicyclic amines) is 1. The molecule has 26 heavy (non-hydrogen) atoms. The van der Waals surface area contributed by atoms with E-state index in [1.807, 2.05) is 17.0 Å². The first-order valence-electron chi connectivity index (χ1n) is 9.10. The van der Waals surface area contributed by atoms with Gasteiger partial charge in [0, 0.05) is 30.4 Å². The lowest BCUT2D eigenvalue weighted by molar-refractivity contribution is -0.132. The molecule has 0 unspecified atom stereocenters. The molecule has 6 nitrogen and oxygen atoms in total. The van der Waals surface area contributed by atoms with Gasteiger partial charge in [-0.1, -0.05) is 6.08 Å². The molecule has 1 saturated heterocycles. The monoisotopic (exact) mass is 374 g/mol. The molecule has 1 aliphatic carbocycles. The van der Waals surface area contributed by atoms with E-state index in [1.54, 1.807) is 6.08 Å². The first-order chi connectivity index (χ1) is 12.6. The topological polar surface area (TPSA) is 70.1 Å². The molecule has 0 spiro atoms. The minimum Gasteiger partial charge on any atom is -0.489 e. The van der Waals surface area contributed by atoms with Crippen molar-refractivity contribution in [2.24, 2.45) is 0 Å². The van der Waals surface area contributed by atoms with Gasteiger partial charge in [-0.15, -0.1) is 11.3 Å². The number of ether oxygens (including phenoxy) is 1. The Labute approximate surface area is 156 Å². The average molecular weight is 374 g/mol. The third kappa shape index (κ3) is 3.23. The molecule has 0 saturated carbocycles. The summed E-state index contributed by atoms with van der Waals surface area (Å²) in [5, 5.41) is 10.1. The van der Waals surface area contributed by atoms with E-state index in [2.05, 4.69) is 4.90 Å². The Hall–Kier alpha value is -2.28. The highest BCUT2D eigenvalue weighted by atomic mass is 32.1. The van der Waals surface area contributed by atoms with E-state index in [1.165, 1.54) is 17.8 Å². The second-order valence-electron chi connectivity index (χ2n) is 6.79. The summed E-state index contributed by atoms with van der Waals surface area (Å²) >= 11 is 1.48. The number of hydrogen-bond acceptors (Lipinski definition) is 5. The van der Waals surface area contributed by atoms with Crippen LogP contribution in [0.5, 0.6) is 5.75 Å². The van der Waals surface area contributed by atoms with E-state index in [4.69, 9.17) is 9.84 Å². The Morgan fingerprint density at radius 2 is 1.88 bits per heavy atom. The van der Waals surface area contributed by atoms with Gasteiger partial charge in [0.1, 0.15) is 11.6 Å². The number of fused-ring (bicyclic) bond motifs is 1. The largest absolute Gasteiger partial charge is 0.489 e.